The number of carbonyl (C=O) groups is 1. The molecule has 166 valence electrons. The maximum atomic E-state index is 11.6. The van der Waals surface area contributed by atoms with Crippen LogP contribution in [0.3, 0.4) is 0 Å². The minimum absolute atomic E-state index is 0.164. The van der Waals surface area contributed by atoms with Gasteiger partial charge in [-0.3, -0.25) is 4.79 Å². The Labute approximate surface area is 208 Å². The Balaban J connectivity index is 1.72. The van der Waals surface area contributed by atoms with Gasteiger partial charge in [0.2, 0.25) is 0 Å². The molecule has 3 rings (SSSR count). The number of benzene rings is 3. The van der Waals surface area contributed by atoms with Crippen LogP contribution in [-0.2, 0) is 16.0 Å². The standard InChI is InChI=1S/C27H26ClIO3/c1-3-31-27(30)15-9-20-8-14-25(18-19(20)2)32-17-16-26(21-4-10-23(28)11-5-21)22-6-12-24(29)13-7-22/h4-8,10-14,16,18H,3,9,15,17H2,1-2H3. The lowest BCUT2D eigenvalue weighted by atomic mass is 9.98. The van der Waals surface area contributed by atoms with E-state index >= 15 is 0 Å². The SMILES string of the molecule is CCOC(=O)CCc1ccc(OCC=C(c2ccc(Cl)cc2)c2ccc(I)cc2)cc1C. The van der Waals surface area contributed by atoms with Gasteiger partial charge in [-0.25, -0.2) is 0 Å². The van der Waals surface area contributed by atoms with Crippen molar-refractivity contribution in [3.05, 3.63) is 104 Å². The van der Waals surface area contributed by atoms with Crippen LogP contribution in [0.1, 0.15) is 35.6 Å². The van der Waals surface area contributed by atoms with E-state index in [0.29, 0.717) is 31.1 Å². The van der Waals surface area contributed by atoms with Crippen molar-refractivity contribution in [2.24, 2.45) is 0 Å². The first-order chi connectivity index (χ1) is 15.5. The maximum Gasteiger partial charge on any atom is 0.306 e. The number of aryl methyl sites for hydroxylation is 2. The topological polar surface area (TPSA) is 35.5 Å². The fourth-order valence-corrected chi connectivity index (χ4v) is 3.88. The first-order valence-electron chi connectivity index (χ1n) is 10.6. The van der Waals surface area contributed by atoms with E-state index in [-0.39, 0.29) is 5.97 Å². The van der Waals surface area contributed by atoms with Gasteiger partial charge in [-0.15, -0.1) is 0 Å². The molecule has 3 aromatic carbocycles. The summed E-state index contributed by atoms with van der Waals surface area (Å²) in [5.41, 5.74) is 5.54. The van der Waals surface area contributed by atoms with Crippen LogP contribution >= 0.6 is 34.2 Å². The zero-order chi connectivity index (χ0) is 22.9. The lowest BCUT2D eigenvalue weighted by molar-refractivity contribution is -0.143. The van der Waals surface area contributed by atoms with Crippen molar-refractivity contribution in [1.82, 2.24) is 0 Å². The highest BCUT2D eigenvalue weighted by Gasteiger charge is 2.08. The quantitative estimate of drug-likeness (QED) is 0.204. The van der Waals surface area contributed by atoms with Crippen LogP contribution in [0.4, 0.5) is 0 Å². The van der Waals surface area contributed by atoms with E-state index < -0.39 is 0 Å². The van der Waals surface area contributed by atoms with Crippen LogP contribution in [0, 0.1) is 10.5 Å². The molecule has 0 unspecified atom stereocenters. The summed E-state index contributed by atoms with van der Waals surface area (Å²) in [5, 5.41) is 0.713. The normalized spacial score (nSPS) is 11.3. The lowest BCUT2D eigenvalue weighted by Crippen LogP contribution is -2.06. The summed E-state index contributed by atoms with van der Waals surface area (Å²) in [6.07, 6.45) is 3.14. The van der Waals surface area contributed by atoms with Crippen LogP contribution < -0.4 is 4.74 Å². The van der Waals surface area contributed by atoms with Gasteiger partial charge < -0.3 is 9.47 Å². The van der Waals surface area contributed by atoms with Crippen molar-refractivity contribution in [2.45, 2.75) is 26.7 Å². The molecular formula is C27H26ClIO3. The molecule has 0 aliphatic rings. The Kier molecular flexibility index (Phi) is 9.18. The van der Waals surface area contributed by atoms with Crippen LogP contribution in [0.2, 0.25) is 5.02 Å². The molecule has 0 bridgehead atoms. The second kappa shape index (κ2) is 12.1. The van der Waals surface area contributed by atoms with Crippen molar-refractivity contribution in [3.63, 3.8) is 0 Å². The molecule has 0 radical (unpaired) electrons. The van der Waals surface area contributed by atoms with Crippen LogP contribution in [0.25, 0.3) is 5.57 Å². The molecule has 0 N–H and O–H groups in total. The summed E-state index contributed by atoms with van der Waals surface area (Å²) in [4.78, 5) is 11.6. The van der Waals surface area contributed by atoms with Crippen molar-refractivity contribution in [1.29, 1.82) is 0 Å². The lowest BCUT2D eigenvalue weighted by Gasteiger charge is -2.12. The summed E-state index contributed by atoms with van der Waals surface area (Å²) in [6.45, 7) is 4.71. The molecule has 0 spiro atoms. The number of esters is 1. The first-order valence-corrected chi connectivity index (χ1v) is 12.0. The molecule has 0 amide bonds. The van der Waals surface area contributed by atoms with E-state index in [9.17, 15) is 4.79 Å². The molecule has 5 heteroatoms. The van der Waals surface area contributed by atoms with Crippen LogP contribution in [0.15, 0.2) is 72.8 Å². The average molecular weight is 561 g/mol. The van der Waals surface area contributed by atoms with Crippen molar-refractivity contribution >= 4 is 45.7 Å². The highest BCUT2D eigenvalue weighted by Crippen LogP contribution is 2.26. The Morgan fingerprint density at radius 1 is 1.00 bits per heavy atom. The Bertz CT molecular complexity index is 1030. The molecule has 0 atom stereocenters. The number of carbonyl (C=O) groups excluding carboxylic acids is 1. The van der Waals surface area contributed by atoms with Gasteiger partial charge >= 0.3 is 5.97 Å². The van der Waals surface area contributed by atoms with Gasteiger partial charge in [-0.05, 0) is 113 Å². The molecule has 0 aliphatic heterocycles. The number of ether oxygens (including phenoxy) is 2. The van der Waals surface area contributed by atoms with E-state index in [1.165, 1.54) is 3.57 Å². The monoisotopic (exact) mass is 560 g/mol. The van der Waals surface area contributed by atoms with E-state index in [0.717, 1.165) is 33.6 Å². The fraction of sp³-hybridized carbons (Fsp3) is 0.222. The van der Waals surface area contributed by atoms with Gasteiger partial charge in [0.05, 0.1) is 6.61 Å². The summed E-state index contributed by atoms with van der Waals surface area (Å²) >= 11 is 8.39. The van der Waals surface area contributed by atoms with Gasteiger partial charge in [0.1, 0.15) is 12.4 Å². The Hall–Kier alpha value is -2.31. The van der Waals surface area contributed by atoms with E-state index in [1.807, 2.05) is 56.3 Å². The van der Waals surface area contributed by atoms with E-state index in [2.05, 4.69) is 52.9 Å². The number of rotatable bonds is 9. The first kappa shape index (κ1) is 24.3. The number of hydrogen-bond acceptors (Lipinski definition) is 3. The maximum absolute atomic E-state index is 11.6. The highest BCUT2D eigenvalue weighted by molar-refractivity contribution is 14.1. The van der Waals surface area contributed by atoms with Gasteiger partial charge in [0.15, 0.2) is 0 Å². The molecule has 0 saturated heterocycles. The smallest absolute Gasteiger partial charge is 0.306 e. The van der Waals surface area contributed by atoms with Crippen LogP contribution in [0.5, 0.6) is 5.75 Å². The molecule has 0 fully saturated rings. The molecule has 3 aromatic rings. The summed E-state index contributed by atoms with van der Waals surface area (Å²) < 4.78 is 12.2. The predicted octanol–water partition coefficient (Wildman–Crippen LogP) is 7.26. The third-order valence-corrected chi connectivity index (χ3v) is 6.04. The third-order valence-electron chi connectivity index (χ3n) is 5.07. The van der Waals surface area contributed by atoms with E-state index in [4.69, 9.17) is 21.1 Å². The minimum Gasteiger partial charge on any atom is -0.490 e. The zero-order valence-corrected chi connectivity index (χ0v) is 21.2. The van der Waals surface area contributed by atoms with Gasteiger partial charge in [0.25, 0.3) is 0 Å². The largest absolute Gasteiger partial charge is 0.490 e. The zero-order valence-electron chi connectivity index (χ0n) is 18.2. The number of hydrogen-bond donors (Lipinski definition) is 0. The minimum atomic E-state index is -0.164. The molecule has 3 nitrogen and oxygen atoms in total. The third kappa shape index (κ3) is 7.10. The van der Waals surface area contributed by atoms with Crippen LogP contribution in [-0.4, -0.2) is 19.2 Å². The molecule has 0 saturated carbocycles. The van der Waals surface area contributed by atoms with Crippen molar-refractivity contribution < 1.29 is 14.3 Å². The summed E-state index contributed by atoms with van der Waals surface area (Å²) in [6, 6.07) is 22.3. The van der Waals surface area contributed by atoms with Gasteiger partial charge in [-0.1, -0.05) is 41.9 Å². The molecule has 32 heavy (non-hydrogen) atoms. The number of halogens is 2. The predicted molar refractivity (Wildman–Crippen MR) is 139 cm³/mol. The second-order valence-electron chi connectivity index (χ2n) is 7.34. The van der Waals surface area contributed by atoms with Gasteiger partial charge in [-0.2, -0.15) is 0 Å². The summed E-state index contributed by atoms with van der Waals surface area (Å²) in [5.74, 6) is 0.638. The van der Waals surface area contributed by atoms with Crippen molar-refractivity contribution in [3.8, 4) is 5.75 Å². The summed E-state index contributed by atoms with van der Waals surface area (Å²) in [7, 11) is 0. The molecule has 0 aromatic heterocycles. The Morgan fingerprint density at radius 3 is 2.28 bits per heavy atom. The fourth-order valence-electron chi connectivity index (χ4n) is 3.39. The molecular weight excluding hydrogens is 535 g/mol. The van der Waals surface area contributed by atoms with Gasteiger partial charge in [0, 0.05) is 15.0 Å². The second-order valence-corrected chi connectivity index (χ2v) is 9.02. The van der Waals surface area contributed by atoms with Crippen molar-refractivity contribution in [2.75, 3.05) is 13.2 Å². The highest BCUT2D eigenvalue weighted by atomic mass is 127. The molecule has 0 aliphatic carbocycles. The molecule has 0 heterocycles. The van der Waals surface area contributed by atoms with E-state index in [1.54, 1.807) is 0 Å². The Morgan fingerprint density at radius 2 is 1.66 bits per heavy atom. The average Bonchev–Trinajstić information content (AvgIpc) is 2.78.